The van der Waals surface area contributed by atoms with Gasteiger partial charge in [-0.05, 0) is 24.3 Å². The summed E-state index contributed by atoms with van der Waals surface area (Å²) in [6.07, 6.45) is 1.47. The van der Waals surface area contributed by atoms with Crippen molar-refractivity contribution in [1.82, 2.24) is 10.6 Å². The van der Waals surface area contributed by atoms with E-state index < -0.39 is 0 Å². The Labute approximate surface area is 477 Å². The summed E-state index contributed by atoms with van der Waals surface area (Å²) >= 11 is 0. The van der Waals surface area contributed by atoms with Crippen LogP contribution in [-0.2, 0) is 90.0 Å². The molecule has 0 aliphatic heterocycles. The Balaban J connectivity index is 1.11. The molecule has 0 aliphatic carbocycles. The average Bonchev–Trinajstić information content (AvgIpc) is 3.49. The molecule has 0 fully saturated rings. The maximum atomic E-state index is 12.1. The number of amides is 2. The van der Waals surface area contributed by atoms with Crippen LogP contribution in [0.25, 0.3) is 0 Å². The fraction of sp³-hybridized carbons (Fsp3) is 0.714. The van der Waals surface area contributed by atoms with Crippen molar-refractivity contribution in [3.8, 4) is 0 Å². The summed E-state index contributed by atoms with van der Waals surface area (Å²) in [6, 6.07) is 12.8. The normalized spacial score (nSPS) is 11.4. The molecule has 25 heteroatoms. The van der Waals surface area contributed by atoms with Crippen LogP contribution in [0.4, 0.5) is 0 Å². The molecule has 0 atom stereocenters. The smallest absolute Gasteiger partial charge is 0.251 e. The number of ether oxygens (including phenoxy) is 19. The molecular weight excluding hydrogens is 1070 g/mol. The van der Waals surface area contributed by atoms with E-state index in [1.807, 2.05) is 0 Å². The summed E-state index contributed by atoms with van der Waals surface area (Å²) in [7, 11) is 0. The maximum absolute atomic E-state index is 12.1. The second kappa shape index (κ2) is 59.1. The highest BCUT2D eigenvalue weighted by molar-refractivity contribution is 5.95. The zero-order chi connectivity index (χ0) is 57.7. The van der Waals surface area contributed by atoms with Crippen molar-refractivity contribution in [2.75, 3.05) is 264 Å². The molecule has 0 bridgehead atoms. The number of carbonyl (C=O) groups is 4. The number of hydrogen-bond acceptors (Lipinski definition) is 23. The molecule has 0 radical (unpaired) electrons. The first-order valence-electron chi connectivity index (χ1n) is 27.8. The number of benzene rings is 2. The zero-order valence-electron chi connectivity index (χ0n) is 47.4. The lowest BCUT2D eigenvalue weighted by atomic mass is 10.1. The minimum absolute atomic E-state index is 0.219. The lowest BCUT2D eigenvalue weighted by Gasteiger charge is -2.09. The van der Waals surface area contributed by atoms with Gasteiger partial charge in [-0.3, -0.25) is 19.2 Å². The second-order valence-corrected chi connectivity index (χ2v) is 16.6. The fourth-order valence-electron chi connectivity index (χ4n) is 6.16. The van der Waals surface area contributed by atoms with E-state index in [9.17, 15) is 19.2 Å². The van der Waals surface area contributed by atoms with Crippen molar-refractivity contribution in [1.29, 1.82) is 0 Å². The lowest BCUT2D eigenvalue weighted by molar-refractivity contribution is -0.0312. The highest BCUT2D eigenvalue weighted by Crippen LogP contribution is 2.03. The van der Waals surface area contributed by atoms with Crippen LogP contribution in [-0.4, -0.2) is 289 Å². The topological polar surface area (TPSA) is 268 Å². The van der Waals surface area contributed by atoms with Gasteiger partial charge >= 0.3 is 0 Å². The van der Waals surface area contributed by atoms with Gasteiger partial charge in [0.05, 0.1) is 251 Å². The highest BCUT2D eigenvalue weighted by Gasteiger charge is 2.07. The molecule has 0 unspecified atom stereocenters. The van der Waals surface area contributed by atoms with Crippen LogP contribution in [0, 0.1) is 0 Å². The molecule has 0 aliphatic rings. The first-order chi connectivity index (χ1) is 40.1. The Morgan fingerprint density at radius 2 is 0.370 bits per heavy atom. The summed E-state index contributed by atoms with van der Waals surface area (Å²) < 4.78 is 104. The summed E-state index contributed by atoms with van der Waals surface area (Å²) in [6.45, 7) is 18.1. The van der Waals surface area contributed by atoms with E-state index in [0.29, 0.717) is 286 Å². The van der Waals surface area contributed by atoms with Gasteiger partial charge < -0.3 is 101 Å². The molecule has 81 heavy (non-hydrogen) atoms. The molecule has 0 aromatic heterocycles. The Hall–Kier alpha value is -4.04. The third-order valence-corrected chi connectivity index (χ3v) is 10.4. The minimum Gasteiger partial charge on any atom is -0.377 e. The van der Waals surface area contributed by atoms with Crippen molar-refractivity contribution in [3.63, 3.8) is 0 Å². The van der Waals surface area contributed by atoms with Gasteiger partial charge in [0, 0.05) is 35.3 Å². The van der Waals surface area contributed by atoms with Crippen molar-refractivity contribution in [3.05, 3.63) is 70.8 Å². The molecule has 2 aromatic carbocycles. The molecule has 0 saturated heterocycles. The van der Waals surface area contributed by atoms with Crippen molar-refractivity contribution in [2.24, 2.45) is 0 Å². The van der Waals surface area contributed by atoms with Gasteiger partial charge in [-0.2, -0.15) is 0 Å². The van der Waals surface area contributed by atoms with Gasteiger partial charge in [-0.25, -0.2) is 0 Å². The van der Waals surface area contributed by atoms with Crippen LogP contribution in [0.3, 0.4) is 0 Å². The molecule has 0 spiro atoms. The summed E-state index contributed by atoms with van der Waals surface area (Å²) in [4.78, 5) is 45.5. The molecule has 0 heterocycles. The molecule has 464 valence electrons. The highest BCUT2D eigenvalue weighted by atomic mass is 16.6. The Kier molecular flexibility index (Phi) is 53.3. The van der Waals surface area contributed by atoms with E-state index in [1.54, 1.807) is 48.5 Å². The standard InChI is InChI=1S/C56H92N2O23/c59-49-51-1-5-53(6-2-51)55(61)57-9-11-63-13-15-65-17-19-67-21-23-69-25-27-71-29-31-73-33-35-75-37-39-77-41-43-79-45-47-81-48-46-80-44-42-78-40-38-76-36-34-74-32-30-72-28-26-70-24-22-68-20-18-66-16-14-64-12-10-58-56(62)54-7-3-52(50-60)4-8-54/h1-8,49-50H,9-48H2,(H,57,61)(H,58,62). The second-order valence-electron chi connectivity index (χ2n) is 16.6. The van der Waals surface area contributed by atoms with Gasteiger partial charge in [-0.15, -0.1) is 0 Å². The molecule has 0 saturated carbocycles. The Morgan fingerprint density at radius 3 is 0.506 bits per heavy atom. The van der Waals surface area contributed by atoms with Crippen LogP contribution in [0.2, 0.25) is 0 Å². The van der Waals surface area contributed by atoms with Crippen LogP contribution in [0.1, 0.15) is 41.4 Å². The number of rotatable bonds is 64. The number of carbonyl (C=O) groups excluding carboxylic acids is 4. The molecular formula is C56H92N2O23. The molecule has 25 nitrogen and oxygen atoms in total. The Morgan fingerprint density at radius 1 is 0.235 bits per heavy atom. The lowest BCUT2D eigenvalue weighted by Crippen LogP contribution is -2.27. The monoisotopic (exact) mass is 1160 g/mol. The van der Waals surface area contributed by atoms with Gasteiger partial charge in [0.2, 0.25) is 0 Å². The average molecular weight is 1160 g/mol. The summed E-state index contributed by atoms with van der Waals surface area (Å²) in [5.74, 6) is -0.437. The predicted octanol–water partition coefficient (Wildman–Crippen LogP) is 1.79. The van der Waals surface area contributed by atoms with E-state index in [0.717, 1.165) is 12.6 Å². The van der Waals surface area contributed by atoms with Crippen molar-refractivity contribution in [2.45, 2.75) is 0 Å². The molecule has 2 amide bonds. The first-order valence-corrected chi connectivity index (χ1v) is 27.8. The van der Waals surface area contributed by atoms with E-state index >= 15 is 0 Å². The number of nitrogens with one attached hydrogen (secondary N) is 2. The molecule has 2 N–H and O–H groups in total. The third-order valence-electron chi connectivity index (χ3n) is 10.4. The van der Waals surface area contributed by atoms with Gasteiger partial charge in [0.25, 0.3) is 11.8 Å². The summed E-state index contributed by atoms with van der Waals surface area (Å²) in [5, 5.41) is 5.52. The van der Waals surface area contributed by atoms with E-state index in [1.165, 1.54) is 0 Å². The fourth-order valence-corrected chi connectivity index (χ4v) is 6.16. The summed E-state index contributed by atoms with van der Waals surface area (Å²) in [5.41, 5.74) is 2.02. The third kappa shape index (κ3) is 49.1. The SMILES string of the molecule is O=Cc1ccc(C(=O)NCCOCCOCCOCCOCCOCCOCCOCCOCCOCCOCCOCCOCCOCCOCCOCCOCCOCCOCCOCCNC(=O)c2ccc(C=O)cc2)cc1. The molecule has 2 rings (SSSR count). The quantitative estimate of drug-likeness (QED) is 0.0706. The van der Waals surface area contributed by atoms with Crippen molar-refractivity contribution >= 4 is 24.4 Å². The van der Waals surface area contributed by atoms with E-state index in [2.05, 4.69) is 10.6 Å². The first kappa shape index (κ1) is 73.1. The van der Waals surface area contributed by atoms with Crippen LogP contribution in [0.5, 0.6) is 0 Å². The maximum Gasteiger partial charge on any atom is 0.251 e. The number of aldehydes is 2. The number of hydrogen-bond donors (Lipinski definition) is 2. The predicted molar refractivity (Wildman–Crippen MR) is 294 cm³/mol. The van der Waals surface area contributed by atoms with E-state index in [4.69, 9.17) is 90.0 Å². The van der Waals surface area contributed by atoms with Gasteiger partial charge in [0.15, 0.2) is 0 Å². The van der Waals surface area contributed by atoms with Crippen LogP contribution in [0.15, 0.2) is 48.5 Å². The van der Waals surface area contributed by atoms with Gasteiger partial charge in [0.1, 0.15) is 12.6 Å². The van der Waals surface area contributed by atoms with E-state index in [-0.39, 0.29) is 11.8 Å². The van der Waals surface area contributed by atoms with Crippen LogP contribution < -0.4 is 10.6 Å². The van der Waals surface area contributed by atoms with Gasteiger partial charge in [-0.1, -0.05) is 24.3 Å². The molecule has 2 aromatic rings. The zero-order valence-corrected chi connectivity index (χ0v) is 47.4. The van der Waals surface area contributed by atoms with Crippen LogP contribution >= 0.6 is 0 Å². The Bertz CT molecular complexity index is 1580. The van der Waals surface area contributed by atoms with Crippen molar-refractivity contribution < 1.29 is 109 Å². The largest absolute Gasteiger partial charge is 0.377 e. The minimum atomic E-state index is -0.219.